The first-order chi connectivity index (χ1) is 14.0. The largest absolute Gasteiger partial charge is 0.348 e. The van der Waals surface area contributed by atoms with E-state index in [9.17, 15) is 9.18 Å². The first-order valence-corrected chi connectivity index (χ1v) is 11.4. The van der Waals surface area contributed by atoms with Gasteiger partial charge >= 0.3 is 0 Å². The normalized spacial score (nSPS) is 11.0. The molecule has 10 heteroatoms. The lowest BCUT2D eigenvalue weighted by Crippen LogP contribution is -2.24. The minimum Gasteiger partial charge on any atom is -0.348 e. The predicted molar refractivity (Wildman–Crippen MR) is 119 cm³/mol. The van der Waals surface area contributed by atoms with E-state index in [1.54, 1.807) is 11.3 Å². The Balaban J connectivity index is 1.70. The summed E-state index contributed by atoms with van der Waals surface area (Å²) in [7, 11) is 0. The summed E-state index contributed by atoms with van der Waals surface area (Å²) >= 11 is 8.62. The zero-order chi connectivity index (χ0) is 20.8. The smallest absolute Gasteiger partial charge is 0.234 e. The Morgan fingerprint density at radius 3 is 2.72 bits per heavy atom. The highest BCUT2D eigenvalue weighted by Crippen LogP contribution is 2.34. The maximum Gasteiger partial charge on any atom is 0.234 e. The van der Waals surface area contributed by atoms with Crippen LogP contribution in [0.1, 0.15) is 26.7 Å². The van der Waals surface area contributed by atoms with E-state index >= 15 is 0 Å². The predicted octanol–water partition coefficient (Wildman–Crippen LogP) is 5.24. The third kappa shape index (κ3) is 5.55. The van der Waals surface area contributed by atoms with Crippen LogP contribution in [0.4, 0.5) is 15.2 Å². The van der Waals surface area contributed by atoms with Crippen LogP contribution in [0, 0.1) is 5.82 Å². The van der Waals surface area contributed by atoms with E-state index in [2.05, 4.69) is 39.0 Å². The van der Waals surface area contributed by atoms with E-state index in [0.29, 0.717) is 11.3 Å². The molecule has 3 aromatic rings. The summed E-state index contributed by atoms with van der Waals surface area (Å²) in [6.45, 7) is 6.16. The third-order valence-electron chi connectivity index (χ3n) is 3.95. The van der Waals surface area contributed by atoms with E-state index in [1.807, 2.05) is 0 Å². The Hall–Kier alpha value is -1.97. The number of hydrogen-bond donors (Lipinski definition) is 1. The number of halogens is 2. The standard InChI is InChI=1S/C19H21ClFN5OS2/c1-3-7-26(8-4-2)19-25-17-16(29-19)18(23-11-22-17)28-10-15(27)24-12-5-6-14(21)13(20)9-12/h5-6,9,11H,3-4,7-8,10H2,1-2H3,(H,24,27). The van der Waals surface area contributed by atoms with Crippen molar-refractivity contribution in [3.8, 4) is 0 Å². The van der Waals surface area contributed by atoms with Crippen molar-refractivity contribution in [3.63, 3.8) is 0 Å². The molecule has 1 N–H and O–H groups in total. The first kappa shape index (κ1) is 21.7. The van der Waals surface area contributed by atoms with Gasteiger partial charge in [-0.25, -0.2) is 14.4 Å². The van der Waals surface area contributed by atoms with E-state index < -0.39 is 5.82 Å². The number of hydrogen-bond acceptors (Lipinski definition) is 7. The molecule has 0 radical (unpaired) electrons. The second-order valence-corrected chi connectivity index (χ2v) is 8.63. The van der Waals surface area contributed by atoms with Crippen LogP contribution >= 0.6 is 34.7 Å². The number of nitrogens with one attached hydrogen (secondary N) is 1. The minimum atomic E-state index is -0.524. The molecule has 0 atom stereocenters. The number of thioether (sulfide) groups is 1. The van der Waals surface area contributed by atoms with Gasteiger partial charge in [-0.2, -0.15) is 4.98 Å². The van der Waals surface area contributed by atoms with Gasteiger partial charge in [0.2, 0.25) is 5.91 Å². The number of benzene rings is 1. The Morgan fingerprint density at radius 2 is 2.03 bits per heavy atom. The van der Waals surface area contributed by atoms with E-state index in [0.717, 1.165) is 40.8 Å². The van der Waals surface area contributed by atoms with Crippen LogP contribution in [0.15, 0.2) is 29.6 Å². The highest BCUT2D eigenvalue weighted by Gasteiger charge is 2.16. The summed E-state index contributed by atoms with van der Waals surface area (Å²) in [5.41, 5.74) is 1.09. The summed E-state index contributed by atoms with van der Waals surface area (Å²) < 4.78 is 14.1. The summed E-state index contributed by atoms with van der Waals surface area (Å²) in [6, 6.07) is 4.07. The number of carbonyl (C=O) groups is 1. The summed E-state index contributed by atoms with van der Waals surface area (Å²) in [5.74, 6) is -0.599. The molecule has 0 saturated carbocycles. The van der Waals surface area contributed by atoms with Gasteiger partial charge in [-0.3, -0.25) is 4.79 Å². The molecule has 154 valence electrons. The van der Waals surface area contributed by atoms with Gasteiger partial charge in [0, 0.05) is 18.8 Å². The Morgan fingerprint density at radius 1 is 1.28 bits per heavy atom. The number of rotatable bonds is 9. The van der Waals surface area contributed by atoms with Crippen molar-refractivity contribution in [2.75, 3.05) is 29.1 Å². The van der Waals surface area contributed by atoms with Gasteiger partial charge in [0.25, 0.3) is 0 Å². The molecule has 0 spiro atoms. The molecular formula is C19H21ClFN5OS2. The van der Waals surface area contributed by atoms with Crippen LogP contribution in [0.2, 0.25) is 5.02 Å². The van der Waals surface area contributed by atoms with E-state index in [-0.39, 0.29) is 16.7 Å². The monoisotopic (exact) mass is 453 g/mol. The van der Waals surface area contributed by atoms with Crippen molar-refractivity contribution in [2.24, 2.45) is 0 Å². The lowest BCUT2D eigenvalue weighted by atomic mass is 10.3. The molecule has 0 aliphatic rings. The molecular weight excluding hydrogens is 433 g/mol. The van der Waals surface area contributed by atoms with Gasteiger partial charge in [-0.15, -0.1) is 0 Å². The average Bonchev–Trinajstić information content (AvgIpc) is 3.14. The minimum absolute atomic E-state index is 0.0335. The zero-order valence-electron chi connectivity index (χ0n) is 16.1. The van der Waals surface area contributed by atoms with Crippen molar-refractivity contribution < 1.29 is 9.18 Å². The Kier molecular flexibility index (Phi) is 7.63. The molecule has 2 heterocycles. The van der Waals surface area contributed by atoms with Crippen LogP contribution in [0.5, 0.6) is 0 Å². The number of amides is 1. The summed E-state index contributed by atoms with van der Waals surface area (Å²) in [4.78, 5) is 27.8. The third-order valence-corrected chi connectivity index (χ3v) is 6.47. The van der Waals surface area contributed by atoms with Crippen molar-refractivity contribution in [2.45, 2.75) is 31.7 Å². The number of carbonyl (C=O) groups excluding carboxylic acids is 1. The quantitative estimate of drug-likeness (QED) is 0.353. The topological polar surface area (TPSA) is 71.0 Å². The Labute approximate surface area is 181 Å². The number of anilines is 2. The van der Waals surface area contributed by atoms with Gasteiger partial charge in [0.1, 0.15) is 21.9 Å². The first-order valence-electron chi connectivity index (χ1n) is 9.26. The van der Waals surface area contributed by atoms with Gasteiger partial charge in [0.15, 0.2) is 10.8 Å². The molecule has 29 heavy (non-hydrogen) atoms. The summed E-state index contributed by atoms with van der Waals surface area (Å²) in [5, 5.41) is 4.33. The number of nitrogens with zero attached hydrogens (tertiary/aromatic N) is 4. The molecule has 2 aromatic heterocycles. The number of thiazole rings is 1. The van der Waals surface area contributed by atoms with E-state index in [1.165, 1.54) is 36.3 Å². The van der Waals surface area contributed by atoms with Crippen LogP contribution in [0.25, 0.3) is 10.3 Å². The molecule has 0 saturated heterocycles. The van der Waals surface area contributed by atoms with E-state index in [4.69, 9.17) is 11.6 Å². The van der Waals surface area contributed by atoms with Crippen molar-refractivity contribution in [1.82, 2.24) is 15.0 Å². The number of aromatic nitrogens is 3. The average molecular weight is 454 g/mol. The fraction of sp³-hybridized carbons (Fsp3) is 0.368. The lowest BCUT2D eigenvalue weighted by molar-refractivity contribution is -0.113. The fourth-order valence-corrected chi connectivity index (χ4v) is 4.83. The second kappa shape index (κ2) is 10.2. The van der Waals surface area contributed by atoms with Gasteiger partial charge in [0.05, 0.1) is 10.8 Å². The molecule has 0 bridgehead atoms. The molecule has 1 amide bonds. The van der Waals surface area contributed by atoms with Crippen LogP contribution < -0.4 is 10.2 Å². The molecule has 0 aliphatic heterocycles. The highest BCUT2D eigenvalue weighted by molar-refractivity contribution is 8.00. The van der Waals surface area contributed by atoms with Gasteiger partial charge < -0.3 is 10.2 Å². The fourth-order valence-electron chi connectivity index (χ4n) is 2.71. The molecule has 0 aliphatic carbocycles. The molecule has 6 nitrogen and oxygen atoms in total. The van der Waals surface area contributed by atoms with Crippen molar-refractivity contribution >= 4 is 61.8 Å². The van der Waals surface area contributed by atoms with Gasteiger partial charge in [-0.1, -0.05) is 48.5 Å². The van der Waals surface area contributed by atoms with Crippen LogP contribution in [-0.4, -0.2) is 39.7 Å². The lowest BCUT2D eigenvalue weighted by Gasteiger charge is -2.19. The maximum atomic E-state index is 13.2. The van der Waals surface area contributed by atoms with Crippen molar-refractivity contribution in [1.29, 1.82) is 0 Å². The second-order valence-electron chi connectivity index (χ2n) is 6.28. The van der Waals surface area contributed by atoms with Crippen molar-refractivity contribution in [3.05, 3.63) is 35.4 Å². The van der Waals surface area contributed by atoms with Crippen LogP contribution in [0.3, 0.4) is 0 Å². The summed E-state index contributed by atoms with van der Waals surface area (Å²) in [6.07, 6.45) is 3.55. The van der Waals surface area contributed by atoms with Gasteiger partial charge in [-0.05, 0) is 31.0 Å². The maximum absolute atomic E-state index is 13.2. The molecule has 3 rings (SSSR count). The molecule has 1 aromatic carbocycles. The zero-order valence-corrected chi connectivity index (χ0v) is 18.5. The molecule has 0 fully saturated rings. The Bertz CT molecular complexity index is 994. The highest BCUT2D eigenvalue weighted by atomic mass is 35.5. The molecule has 0 unspecified atom stereocenters. The van der Waals surface area contributed by atoms with Crippen LogP contribution in [-0.2, 0) is 4.79 Å². The number of fused-ring (bicyclic) bond motifs is 1. The SMILES string of the molecule is CCCN(CCC)c1nc2ncnc(SCC(=O)Nc3ccc(F)c(Cl)c3)c2s1.